The highest BCUT2D eigenvalue weighted by atomic mass is 16.2. The molecule has 10 nitrogen and oxygen atoms in total. The Bertz CT molecular complexity index is 971. The Balaban J connectivity index is 1.61. The molecule has 1 aromatic heterocycles. The zero-order chi connectivity index (χ0) is 21.9. The lowest BCUT2D eigenvalue weighted by molar-refractivity contribution is -0.137. The number of carbonyl (C=O) groups is 2. The number of hydrogen-bond donors (Lipinski definition) is 3. The number of benzene rings is 1. The van der Waals surface area contributed by atoms with Crippen LogP contribution in [0.1, 0.15) is 19.4 Å². The van der Waals surface area contributed by atoms with Crippen LogP contribution < -0.4 is 22.5 Å². The first-order valence-electron chi connectivity index (χ1n) is 9.72. The minimum atomic E-state index is -0.942. The van der Waals surface area contributed by atoms with Gasteiger partial charge in [0, 0.05) is 38.9 Å². The van der Waals surface area contributed by atoms with Gasteiger partial charge in [-0.3, -0.25) is 14.7 Å². The van der Waals surface area contributed by atoms with Crippen molar-refractivity contribution in [2.75, 3.05) is 31.5 Å². The van der Waals surface area contributed by atoms with E-state index in [0.29, 0.717) is 38.4 Å². The predicted molar refractivity (Wildman–Crippen MR) is 113 cm³/mol. The van der Waals surface area contributed by atoms with Crippen molar-refractivity contribution in [3.63, 3.8) is 0 Å². The molecule has 0 saturated carbocycles. The normalized spacial score (nSPS) is 14.5. The van der Waals surface area contributed by atoms with Gasteiger partial charge in [0.2, 0.25) is 5.91 Å². The van der Waals surface area contributed by atoms with E-state index in [-0.39, 0.29) is 17.8 Å². The summed E-state index contributed by atoms with van der Waals surface area (Å²) in [6.07, 6.45) is 1.56. The van der Waals surface area contributed by atoms with E-state index in [9.17, 15) is 14.4 Å². The highest BCUT2D eigenvalue weighted by molar-refractivity contribution is 5.89. The number of nitrogens with two attached hydrogens (primary N) is 2. The van der Waals surface area contributed by atoms with Crippen LogP contribution in [0.5, 0.6) is 0 Å². The summed E-state index contributed by atoms with van der Waals surface area (Å²) in [6.45, 7) is 5.30. The number of urea groups is 1. The van der Waals surface area contributed by atoms with Crippen LogP contribution in [0.3, 0.4) is 0 Å². The van der Waals surface area contributed by atoms with Crippen molar-refractivity contribution in [3.05, 3.63) is 52.6 Å². The maximum absolute atomic E-state index is 12.5. The number of amides is 3. The summed E-state index contributed by atoms with van der Waals surface area (Å²) in [6, 6.07) is 8.44. The molecular weight excluding hydrogens is 386 g/mol. The molecule has 30 heavy (non-hydrogen) atoms. The Hall–Kier alpha value is -3.24. The SMILES string of the molecule is CC(C)(N)C(=O)N1CCN(C(=O)Nc2ccn(-c3ccc(CN)cc3)c(=O)n2)CC1. The molecule has 1 saturated heterocycles. The fourth-order valence-electron chi connectivity index (χ4n) is 3.17. The number of anilines is 1. The van der Waals surface area contributed by atoms with Gasteiger partial charge < -0.3 is 21.3 Å². The van der Waals surface area contributed by atoms with Gasteiger partial charge in [0.15, 0.2) is 0 Å². The molecule has 0 radical (unpaired) electrons. The molecule has 1 aliphatic rings. The third-order valence-corrected chi connectivity index (χ3v) is 4.89. The summed E-state index contributed by atoms with van der Waals surface area (Å²) in [7, 11) is 0. The van der Waals surface area contributed by atoms with E-state index in [4.69, 9.17) is 11.5 Å². The summed E-state index contributed by atoms with van der Waals surface area (Å²) in [5, 5.41) is 2.64. The molecule has 1 aliphatic heterocycles. The van der Waals surface area contributed by atoms with Crippen molar-refractivity contribution < 1.29 is 9.59 Å². The van der Waals surface area contributed by atoms with E-state index >= 15 is 0 Å². The predicted octanol–water partition coefficient (Wildman–Crippen LogP) is 0.105. The van der Waals surface area contributed by atoms with Crippen LogP contribution in [-0.4, -0.2) is 63.0 Å². The molecule has 0 aliphatic carbocycles. The van der Waals surface area contributed by atoms with E-state index < -0.39 is 11.2 Å². The van der Waals surface area contributed by atoms with Crippen LogP contribution in [0.4, 0.5) is 10.6 Å². The third kappa shape index (κ3) is 4.84. The first kappa shape index (κ1) is 21.5. The van der Waals surface area contributed by atoms with Crippen molar-refractivity contribution in [3.8, 4) is 5.69 Å². The van der Waals surface area contributed by atoms with Crippen LogP contribution in [0.15, 0.2) is 41.3 Å². The molecule has 5 N–H and O–H groups in total. The minimum absolute atomic E-state index is 0.146. The maximum atomic E-state index is 12.5. The van der Waals surface area contributed by atoms with E-state index in [1.165, 1.54) is 4.57 Å². The Kier molecular flexibility index (Phi) is 6.18. The third-order valence-electron chi connectivity index (χ3n) is 4.89. The Labute approximate surface area is 174 Å². The van der Waals surface area contributed by atoms with Gasteiger partial charge in [0.05, 0.1) is 11.2 Å². The highest BCUT2D eigenvalue weighted by Gasteiger charge is 2.31. The molecule has 3 amide bonds. The van der Waals surface area contributed by atoms with Gasteiger partial charge in [-0.25, -0.2) is 9.59 Å². The highest BCUT2D eigenvalue weighted by Crippen LogP contribution is 2.11. The van der Waals surface area contributed by atoms with E-state index in [2.05, 4.69) is 10.3 Å². The molecule has 3 rings (SSSR count). The molecule has 1 aromatic carbocycles. The number of piperazine rings is 1. The van der Waals surface area contributed by atoms with Gasteiger partial charge in [0.1, 0.15) is 5.82 Å². The molecule has 0 atom stereocenters. The van der Waals surface area contributed by atoms with E-state index in [1.54, 1.807) is 48.0 Å². The second-order valence-corrected chi connectivity index (χ2v) is 7.77. The molecule has 10 heteroatoms. The molecular formula is C20H27N7O3. The Morgan fingerprint density at radius 2 is 1.67 bits per heavy atom. The lowest BCUT2D eigenvalue weighted by atomic mass is 10.1. The number of nitrogens with zero attached hydrogens (tertiary/aromatic N) is 4. The van der Waals surface area contributed by atoms with Crippen LogP contribution in [0, 0.1) is 0 Å². The number of aromatic nitrogens is 2. The number of rotatable bonds is 4. The summed E-state index contributed by atoms with van der Waals surface area (Å²) in [4.78, 5) is 44.3. The quantitative estimate of drug-likeness (QED) is 0.650. The molecule has 2 aromatic rings. The summed E-state index contributed by atoms with van der Waals surface area (Å²) in [5.74, 6) is 0.0220. The van der Waals surface area contributed by atoms with Crippen molar-refractivity contribution in [1.82, 2.24) is 19.4 Å². The zero-order valence-corrected chi connectivity index (χ0v) is 17.2. The lowest BCUT2D eigenvalue weighted by Crippen LogP contribution is -2.58. The monoisotopic (exact) mass is 413 g/mol. The zero-order valence-electron chi connectivity index (χ0n) is 17.2. The number of hydrogen-bond acceptors (Lipinski definition) is 6. The second kappa shape index (κ2) is 8.64. The first-order valence-corrected chi connectivity index (χ1v) is 9.72. The summed E-state index contributed by atoms with van der Waals surface area (Å²) >= 11 is 0. The van der Waals surface area contributed by atoms with Gasteiger partial charge in [-0.05, 0) is 37.6 Å². The van der Waals surface area contributed by atoms with Gasteiger partial charge in [-0.15, -0.1) is 0 Å². The topological polar surface area (TPSA) is 140 Å². The van der Waals surface area contributed by atoms with Crippen molar-refractivity contribution in [2.45, 2.75) is 25.9 Å². The number of carbonyl (C=O) groups excluding carboxylic acids is 2. The van der Waals surface area contributed by atoms with Gasteiger partial charge in [0.25, 0.3) is 0 Å². The standard InChI is InChI=1S/C20H27N7O3/c1-20(2,22)17(28)25-9-11-26(12-10-25)18(29)23-16-7-8-27(19(30)24-16)15-5-3-14(13-21)4-6-15/h3-8H,9-13,21-22H2,1-2H3,(H,23,24,29,30). The van der Waals surface area contributed by atoms with Crippen LogP contribution in [0.25, 0.3) is 5.69 Å². The minimum Gasteiger partial charge on any atom is -0.338 e. The molecule has 2 heterocycles. The molecule has 0 bridgehead atoms. The van der Waals surface area contributed by atoms with Crippen molar-refractivity contribution in [2.24, 2.45) is 11.5 Å². The Morgan fingerprint density at radius 3 is 2.20 bits per heavy atom. The van der Waals surface area contributed by atoms with E-state index in [0.717, 1.165) is 5.56 Å². The van der Waals surface area contributed by atoms with Crippen LogP contribution in [-0.2, 0) is 11.3 Å². The van der Waals surface area contributed by atoms with Crippen molar-refractivity contribution in [1.29, 1.82) is 0 Å². The number of nitrogens with one attached hydrogen (secondary N) is 1. The van der Waals surface area contributed by atoms with Crippen LogP contribution >= 0.6 is 0 Å². The average Bonchev–Trinajstić information content (AvgIpc) is 2.73. The van der Waals surface area contributed by atoms with Gasteiger partial charge in [-0.1, -0.05) is 12.1 Å². The summed E-state index contributed by atoms with van der Waals surface area (Å²) < 4.78 is 1.38. The van der Waals surface area contributed by atoms with Gasteiger partial charge >= 0.3 is 11.7 Å². The van der Waals surface area contributed by atoms with E-state index in [1.807, 2.05) is 12.1 Å². The van der Waals surface area contributed by atoms with Crippen molar-refractivity contribution >= 4 is 17.8 Å². The smallest absolute Gasteiger partial charge is 0.338 e. The largest absolute Gasteiger partial charge is 0.354 e. The first-order chi connectivity index (χ1) is 14.2. The lowest BCUT2D eigenvalue weighted by Gasteiger charge is -2.37. The summed E-state index contributed by atoms with van der Waals surface area (Å²) in [5.41, 5.74) is 11.6. The Morgan fingerprint density at radius 1 is 1.07 bits per heavy atom. The molecule has 160 valence electrons. The maximum Gasteiger partial charge on any atom is 0.354 e. The second-order valence-electron chi connectivity index (χ2n) is 7.77. The average molecular weight is 413 g/mol. The molecule has 0 unspecified atom stereocenters. The fourth-order valence-corrected chi connectivity index (χ4v) is 3.17. The van der Waals surface area contributed by atoms with Gasteiger partial charge in [-0.2, -0.15) is 4.98 Å². The van der Waals surface area contributed by atoms with Crippen LogP contribution in [0.2, 0.25) is 0 Å². The molecule has 1 fully saturated rings. The fraction of sp³-hybridized carbons (Fsp3) is 0.400. The molecule has 0 spiro atoms.